The number of anilines is 3. The maximum Gasteiger partial charge on any atom is 0.330 e. The fourth-order valence-electron chi connectivity index (χ4n) is 7.13. The highest BCUT2D eigenvalue weighted by Crippen LogP contribution is 2.36. The Hall–Kier alpha value is -7.50. The Morgan fingerprint density at radius 3 is 1.07 bits per heavy atom. The molecule has 0 saturated carbocycles. The summed E-state index contributed by atoms with van der Waals surface area (Å²) in [6.07, 6.45) is 8.22. The number of nitrogens with zero attached hydrogens (tertiary/aromatic N) is 1. The third-order valence-electron chi connectivity index (χ3n) is 10.6. The first kappa shape index (κ1) is 41.7. The van der Waals surface area contributed by atoms with E-state index in [9.17, 15) is 9.59 Å². The van der Waals surface area contributed by atoms with E-state index in [-0.39, 0.29) is 13.2 Å². The quantitative estimate of drug-likeness (QED) is 0.0492. The molecule has 0 bridgehead atoms. The van der Waals surface area contributed by atoms with Gasteiger partial charge in [0, 0.05) is 29.2 Å². The molecule has 0 atom stereocenters. The highest BCUT2D eigenvalue weighted by atomic mass is 16.5. The molecule has 0 aliphatic rings. The van der Waals surface area contributed by atoms with Crippen molar-refractivity contribution in [3.05, 3.63) is 257 Å². The topological polar surface area (TPSA) is 55.8 Å². The molecule has 0 fully saturated rings. The third-order valence-corrected chi connectivity index (χ3v) is 10.6. The Morgan fingerprint density at radius 2 is 0.721 bits per heavy atom. The zero-order valence-electron chi connectivity index (χ0n) is 34.3. The number of benzene rings is 7. The van der Waals surface area contributed by atoms with Gasteiger partial charge in [-0.25, -0.2) is 9.59 Å². The smallest absolute Gasteiger partial charge is 0.330 e. The predicted molar refractivity (Wildman–Crippen MR) is 249 cm³/mol. The summed E-state index contributed by atoms with van der Waals surface area (Å²) in [5.41, 5.74) is 14.7. The van der Waals surface area contributed by atoms with E-state index >= 15 is 0 Å². The number of aryl methyl sites for hydroxylation is 4. The lowest BCUT2D eigenvalue weighted by molar-refractivity contribution is -0.139. The molecule has 0 aliphatic heterocycles. The van der Waals surface area contributed by atoms with E-state index in [0.29, 0.717) is 0 Å². The fourth-order valence-corrected chi connectivity index (χ4v) is 7.13. The van der Waals surface area contributed by atoms with Crippen LogP contribution in [0.3, 0.4) is 0 Å². The molecular weight excluding hydrogens is 751 g/mol. The molecule has 7 aromatic rings. The number of ether oxygens (including phenoxy) is 2. The van der Waals surface area contributed by atoms with Crippen LogP contribution in [0.2, 0.25) is 0 Å². The molecule has 7 rings (SSSR count). The number of carbonyl (C=O) groups is 2. The molecule has 0 aromatic heterocycles. The van der Waals surface area contributed by atoms with Crippen molar-refractivity contribution in [1.82, 2.24) is 0 Å². The van der Waals surface area contributed by atoms with Crippen molar-refractivity contribution in [2.45, 2.75) is 38.9 Å². The van der Waals surface area contributed by atoms with Crippen molar-refractivity contribution < 1.29 is 19.1 Å². The van der Waals surface area contributed by atoms with E-state index < -0.39 is 11.9 Å². The van der Waals surface area contributed by atoms with E-state index in [0.717, 1.165) is 59.4 Å². The summed E-state index contributed by atoms with van der Waals surface area (Å²) < 4.78 is 10.3. The predicted octanol–water partition coefficient (Wildman–Crippen LogP) is 12.8. The van der Waals surface area contributed by atoms with E-state index in [2.05, 4.69) is 182 Å². The van der Waals surface area contributed by atoms with Gasteiger partial charge >= 0.3 is 11.9 Å². The Bertz CT molecular complexity index is 2390. The summed E-state index contributed by atoms with van der Waals surface area (Å²) in [6.45, 7) is 7.38. The van der Waals surface area contributed by atoms with Gasteiger partial charge in [-0.15, -0.1) is 0 Å². The zero-order valence-corrected chi connectivity index (χ0v) is 34.3. The second kappa shape index (κ2) is 21.0. The summed E-state index contributed by atoms with van der Waals surface area (Å²) in [5, 5.41) is 0. The summed E-state index contributed by atoms with van der Waals surface area (Å²) >= 11 is 0. The maximum absolute atomic E-state index is 11.4. The van der Waals surface area contributed by atoms with Gasteiger partial charge in [-0.2, -0.15) is 0 Å². The van der Waals surface area contributed by atoms with Crippen LogP contribution in [-0.4, -0.2) is 11.9 Å². The molecule has 0 spiro atoms. The largest absolute Gasteiger partial charge is 0.458 e. The first-order chi connectivity index (χ1) is 29.9. The van der Waals surface area contributed by atoms with Crippen molar-refractivity contribution in [1.29, 1.82) is 0 Å². The molecule has 0 N–H and O–H groups in total. The molecule has 5 nitrogen and oxygen atoms in total. The SMILES string of the molecule is C=CC(=O)OCc1ccc(CCc2ccc(N(c3ccc(C=C(c4ccccc4)c4ccccc4)cc3)c3ccc(CCc4ccc(COC(=O)C=C)cc4)cc3)cc2)cc1. The van der Waals surface area contributed by atoms with Crippen molar-refractivity contribution in [3.63, 3.8) is 0 Å². The van der Waals surface area contributed by atoms with Crippen LogP contribution in [0.5, 0.6) is 0 Å². The highest BCUT2D eigenvalue weighted by Gasteiger charge is 2.14. The molecule has 0 amide bonds. The van der Waals surface area contributed by atoms with Crippen LogP contribution in [-0.2, 0) is 58.0 Å². The zero-order chi connectivity index (χ0) is 42.2. The van der Waals surface area contributed by atoms with Gasteiger partial charge in [-0.05, 0) is 124 Å². The van der Waals surface area contributed by atoms with Crippen LogP contribution in [0.4, 0.5) is 17.1 Å². The van der Waals surface area contributed by atoms with Gasteiger partial charge in [0.2, 0.25) is 0 Å². The molecular formula is C56H49NO4. The highest BCUT2D eigenvalue weighted by molar-refractivity contribution is 5.91. The number of rotatable bonds is 18. The number of esters is 2. The lowest BCUT2D eigenvalue weighted by Gasteiger charge is -2.26. The number of hydrogen-bond donors (Lipinski definition) is 0. The summed E-state index contributed by atoms with van der Waals surface area (Å²) in [6, 6.07) is 64.0. The van der Waals surface area contributed by atoms with Gasteiger partial charge in [-0.3, -0.25) is 0 Å². The van der Waals surface area contributed by atoms with Crippen molar-refractivity contribution in [3.8, 4) is 0 Å². The minimum atomic E-state index is -0.421. The Balaban J connectivity index is 1.10. The molecule has 61 heavy (non-hydrogen) atoms. The second-order valence-corrected chi connectivity index (χ2v) is 14.8. The molecule has 0 heterocycles. The minimum absolute atomic E-state index is 0.237. The van der Waals surface area contributed by atoms with E-state index in [1.54, 1.807) is 0 Å². The van der Waals surface area contributed by atoms with Crippen LogP contribution in [0.25, 0.3) is 11.6 Å². The second-order valence-electron chi connectivity index (χ2n) is 14.8. The van der Waals surface area contributed by atoms with E-state index in [1.807, 2.05) is 24.3 Å². The standard InChI is InChI=1S/C56H49NO4/c1-3-55(58)60-40-47-23-19-42(20-24-47)15-17-44-27-33-51(34-28-44)57(52-35-29-45(30-36-52)18-16-43-21-25-48(26-22-43)41-61-56(59)4-2)53-37-31-46(32-38-53)39-54(49-11-7-5-8-12-49)50-13-9-6-10-14-50/h3-14,19-39H,1-2,15-18,40-41H2. The first-order valence-corrected chi connectivity index (χ1v) is 20.6. The van der Waals surface area contributed by atoms with Crippen LogP contribution in [0.1, 0.15) is 50.1 Å². The average Bonchev–Trinajstić information content (AvgIpc) is 3.33. The fraction of sp³-hybridized carbons (Fsp3) is 0.107. The van der Waals surface area contributed by atoms with Crippen LogP contribution >= 0.6 is 0 Å². The molecule has 302 valence electrons. The Morgan fingerprint density at radius 1 is 0.410 bits per heavy atom. The number of carbonyl (C=O) groups excluding carboxylic acids is 2. The number of hydrogen-bond acceptors (Lipinski definition) is 5. The van der Waals surface area contributed by atoms with E-state index in [4.69, 9.17) is 9.47 Å². The monoisotopic (exact) mass is 799 g/mol. The lowest BCUT2D eigenvalue weighted by atomic mass is 9.95. The van der Waals surface area contributed by atoms with Gasteiger partial charge in [0.1, 0.15) is 13.2 Å². The van der Waals surface area contributed by atoms with Gasteiger partial charge < -0.3 is 14.4 Å². The maximum atomic E-state index is 11.4. The van der Waals surface area contributed by atoms with Crippen LogP contribution in [0.15, 0.2) is 207 Å². The van der Waals surface area contributed by atoms with Gasteiger partial charge in [0.15, 0.2) is 0 Å². The summed E-state index contributed by atoms with van der Waals surface area (Å²) in [7, 11) is 0. The Kier molecular flexibility index (Phi) is 14.3. The first-order valence-electron chi connectivity index (χ1n) is 20.6. The van der Waals surface area contributed by atoms with Crippen molar-refractivity contribution >= 4 is 40.6 Å². The van der Waals surface area contributed by atoms with Crippen LogP contribution < -0.4 is 4.90 Å². The van der Waals surface area contributed by atoms with Crippen LogP contribution in [0, 0.1) is 0 Å². The molecule has 5 heteroatoms. The van der Waals surface area contributed by atoms with Crippen molar-refractivity contribution in [2.24, 2.45) is 0 Å². The normalized spacial score (nSPS) is 10.6. The van der Waals surface area contributed by atoms with Gasteiger partial charge in [0.05, 0.1) is 0 Å². The Labute approximate surface area is 359 Å². The van der Waals surface area contributed by atoms with Gasteiger partial charge in [-0.1, -0.05) is 159 Å². The lowest BCUT2D eigenvalue weighted by Crippen LogP contribution is -2.10. The van der Waals surface area contributed by atoms with E-state index in [1.165, 1.54) is 51.1 Å². The van der Waals surface area contributed by atoms with Crippen molar-refractivity contribution in [2.75, 3.05) is 4.90 Å². The molecule has 0 aliphatic carbocycles. The minimum Gasteiger partial charge on any atom is -0.458 e. The molecule has 0 saturated heterocycles. The average molecular weight is 800 g/mol. The molecule has 0 radical (unpaired) electrons. The summed E-state index contributed by atoms with van der Waals surface area (Å²) in [5.74, 6) is -0.841. The molecule has 7 aromatic carbocycles. The summed E-state index contributed by atoms with van der Waals surface area (Å²) in [4.78, 5) is 25.2. The molecule has 0 unspecified atom stereocenters. The van der Waals surface area contributed by atoms with Gasteiger partial charge in [0.25, 0.3) is 0 Å². The third kappa shape index (κ3) is 11.8.